The van der Waals surface area contributed by atoms with Crippen molar-refractivity contribution in [3.8, 4) is 33.6 Å². The monoisotopic (exact) mass is 323 g/mol. The Balaban J connectivity index is 1.80. The number of rotatable bonds is 2. The fourth-order valence-corrected chi connectivity index (χ4v) is 3.60. The summed E-state index contributed by atoms with van der Waals surface area (Å²) in [5.41, 5.74) is 9.27. The maximum absolute atomic E-state index is 5.09. The van der Waals surface area contributed by atoms with Crippen molar-refractivity contribution in [1.29, 1.82) is 0 Å². The number of benzene rings is 2. The molecule has 0 aliphatic heterocycles. The molecule has 2 aromatic carbocycles. The van der Waals surface area contributed by atoms with Crippen LogP contribution in [0.15, 0.2) is 72.9 Å². The predicted octanol–water partition coefficient (Wildman–Crippen LogP) is 4.90. The van der Waals surface area contributed by atoms with Crippen molar-refractivity contribution in [3.63, 3.8) is 0 Å². The quantitative estimate of drug-likeness (QED) is 0.570. The molecule has 0 spiro atoms. The van der Waals surface area contributed by atoms with E-state index in [1.54, 1.807) is 0 Å². The van der Waals surface area contributed by atoms with Crippen LogP contribution in [0.5, 0.6) is 0 Å². The molecule has 4 aromatic rings. The Bertz CT molecular complexity index is 1030. The highest BCUT2D eigenvalue weighted by Gasteiger charge is 2.22. The summed E-state index contributed by atoms with van der Waals surface area (Å²) in [5.74, 6) is 0. The summed E-state index contributed by atoms with van der Waals surface area (Å²) in [6, 6.07) is 23.2. The number of pyridine rings is 1. The third-order valence-electron chi connectivity index (χ3n) is 4.85. The van der Waals surface area contributed by atoms with Gasteiger partial charge in [-0.2, -0.15) is 5.10 Å². The van der Waals surface area contributed by atoms with Gasteiger partial charge in [-0.25, -0.2) is 0 Å². The number of aromatic amines is 1. The summed E-state index contributed by atoms with van der Waals surface area (Å²) in [6.07, 6.45) is 3.88. The summed E-state index contributed by atoms with van der Waals surface area (Å²) >= 11 is 0. The fraction of sp³-hybridized carbons (Fsp3) is 0.0909. The third kappa shape index (κ3) is 2.36. The van der Waals surface area contributed by atoms with Crippen LogP contribution < -0.4 is 0 Å². The van der Waals surface area contributed by atoms with E-state index in [0.717, 1.165) is 41.1 Å². The van der Waals surface area contributed by atoms with Gasteiger partial charge in [0.1, 0.15) is 0 Å². The van der Waals surface area contributed by atoms with Crippen LogP contribution in [0.2, 0.25) is 0 Å². The van der Waals surface area contributed by atoms with Gasteiger partial charge in [0.25, 0.3) is 0 Å². The molecule has 120 valence electrons. The van der Waals surface area contributed by atoms with Crippen molar-refractivity contribution >= 4 is 0 Å². The molecule has 3 nitrogen and oxygen atoms in total. The molecule has 0 radical (unpaired) electrons. The zero-order valence-corrected chi connectivity index (χ0v) is 13.7. The number of aryl methyl sites for hydroxylation is 2. The molecule has 1 N–H and O–H groups in total. The standard InChI is InChI=1S/C22H17N3/c1-3-7-15(8-4-1)18-13-19-20(12-11-17-14-23-25-22(17)19)24-21(18)16-9-5-2-6-10-16/h1-10,13-14H,11-12H2,(H,23,25). The Morgan fingerprint density at radius 3 is 2.24 bits per heavy atom. The molecule has 0 bridgehead atoms. The molecule has 25 heavy (non-hydrogen) atoms. The molecule has 0 atom stereocenters. The largest absolute Gasteiger partial charge is 0.277 e. The summed E-state index contributed by atoms with van der Waals surface area (Å²) < 4.78 is 0. The van der Waals surface area contributed by atoms with Crippen molar-refractivity contribution in [2.24, 2.45) is 0 Å². The van der Waals surface area contributed by atoms with Gasteiger partial charge in [-0.1, -0.05) is 60.7 Å². The normalized spacial score (nSPS) is 12.5. The summed E-state index contributed by atoms with van der Waals surface area (Å²) in [4.78, 5) is 5.09. The molecule has 2 heterocycles. The van der Waals surface area contributed by atoms with E-state index in [0.29, 0.717) is 0 Å². The van der Waals surface area contributed by atoms with E-state index in [-0.39, 0.29) is 0 Å². The van der Waals surface area contributed by atoms with Crippen LogP contribution in [0.4, 0.5) is 0 Å². The number of nitrogens with one attached hydrogen (secondary N) is 1. The number of nitrogens with zero attached hydrogens (tertiary/aromatic N) is 2. The molecule has 0 unspecified atom stereocenters. The van der Waals surface area contributed by atoms with E-state index >= 15 is 0 Å². The minimum atomic E-state index is 0.955. The van der Waals surface area contributed by atoms with Crippen LogP contribution in [0.25, 0.3) is 33.6 Å². The highest BCUT2D eigenvalue weighted by atomic mass is 15.1. The molecule has 0 fully saturated rings. The van der Waals surface area contributed by atoms with Crippen LogP contribution in [-0.2, 0) is 12.8 Å². The van der Waals surface area contributed by atoms with Gasteiger partial charge in [0.05, 0.1) is 23.3 Å². The maximum Gasteiger partial charge on any atom is 0.0784 e. The number of hydrogen-bond donors (Lipinski definition) is 1. The van der Waals surface area contributed by atoms with Crippen molar-refractivity contribution in [3.05, 3.63) is 84.2 Å². The van der Waals surface area contributed by atoms with Crippen LogP contribution in [-0.4, -0.2) is 15.2 Å². The smallest absolute Gasteiger partial charge is 0.0784 e. The topological polar surface area (TPSA) is 41.6 Å². The molecular weight excluding hydrogens is 306 g/mol. The Labute approximate surface area is 146 Å². The fourth-order valence-electron chi connectivity index (χ4n) is 3.60. The summed E-state index contributed by atoms with van der Waals surface area (Å²) in [7, 11) is 0. The summed E-state index contributed by atoms with van der Waals surface area (Å²) in [5, 5.41) is 7.39. The number of hydrogen-bond acceptors (Lipinski definition) is 2. The van der Waals surface area contributed by atoms with Crippen LogP contribution >= 0.6 is 0 Å². The van der Waals surface area contributed by atoms with Crippen LogP contribution in [0, 0.1) is 0 Å². The second kappa shape index (κ2) is 5.71. The van der Waals surface area contributed by atoms with Crippen molar-refractivity contribution in [2.75, 3.05) is 0 Å². The first kappa shape index (κ1) is 14.2. The predicted molar refractivity (Wildman–Crippen MR) is 100 cm³/mol. The highest BCUT2D eigenvalue weighted by Crippen LogP contribution is 2.38. The molecule has 0 saturated carbocycles. The van der Waals surface area contributed by atoms with Gasteiger partial charge in [0, 0.05) is 16.7 Å². The zero-order chi connectivity index (χ0) is 16.6. The van der Waals surface area contributed by atoms with Gasteiger partial charge in [0.15, 0.2) is 0 Å². The van der Waals surface area contributed by atoms with E-state index < -0.39 is 0 Å². The summed E-state index contributed by atoms with van der Waals surface area (Å²) in [6.45, 7) is 0. The number of H-pyrrole nitrogens is 1. The first-order valence-electron chi connectivity index (χ1n) is 8.57. The maximum atomic E-state index is 5.09. The average Bonchev–Trinajstić information content (AvgIpc) is 3.17. The molecule has 0 saturated heterocycles. The second-order valence-electron chi connectivity index (χ2n) is 6.38. The van der Waals surface area contributed by atoms with Gasteiger partial charge >= 0.3 is 0 Å². The minimum Gasteiger partial charge on any atom is -0.277 e. The molecule has 1 aliphatic carbocycles. The van der Waals surface area contributed by atoms with Crippen molar-refractivity contribution < 1.29 is 0 Å². The van der Waals surface area contributed by atoms with Gasteiger partial charge in [-0.15, -0.1) is 0 Å². The number of fused-ring (bicyclic) bond motifs is 3. The molecule has 0 amide bonds. The molecule has 2 aromatic heterocycles. The Kier molecular flexibility index (Phi) is 3.23. The van der Waals surface area contributed by atoms with Crippen molar-refractivity contribution in [2.45, 2.75) is 12.8 Å². The van der Waals surface area contributed by atoms with Crippen LogP contribution in [0.3, 0.4) is 0 Å². The molecule has 1 aliphatic rings. The SMILES string of the molecule is c1ccc(-c2cc3c(nc2-c2ccccc2)CCc2cn[nH]c2-3)cc1. The first-order chi connectivity index (χ1) is 12.4. The Hall–Kier alpha value is -3.20. The van der Waals surface area contributed by atoms with E-state index in [2.05, 4.69) is 64.8 Å². The third-order valence-corrected chi connectivity index (χ3v) is 4.85. The Morgan fingerprint density at radius 1 is 0.760 bits per heavy atom. The van der Waals surface area contributed by atoms with Gasteiger partial charge < -0.3 is 0 Å². The lowest BCUT2D eigenvalue weighted by molar-refractivity contribution is 0.898. The van der Waals surface area contributed by atoms with E-state index in [9.17, 15) is 0 Å². The molecular formula is C22H17N3. The minimum absolute atomic E-state index is 0.955. The Morgan fingerprint density at radius 2 is 1.48 bits per heavy atom. The second-order valence-corrected chi connectivity index (χ2v) is 6.38. The van der Waals surface area contributed by atoms with E-state index in [1.807, 2.05) is 18.3 Å². The van der Waals surface area contributed by atoms with E-state index in [1.165, 1.54) is 16.7 Å². The van der Waals surface area contributed by atoms with Gasteiger partial charge in [-0.3, -0.25) is 10.1 Å². The first-order valence-corrected chi connectivity index (χ1v) is 8.57. The average molecular weight is 323 g/mol. The van der Waals surface area contributed by atoms with Gasteiger partial charge in [0.2, 0.25) is 0 Å². The van der Waals surface area contributed by atoms with Crippen LogP contribution in [0.1, 0.15) is 11.3 Å². The lowest BCUT2D eigenvalue weighted by Gasteiger charge is -2.19. The lowest BCUT2D eigenvalue weighted by Crippen LogP contribution is -2.07. The molecule has 3 heteroatoms. The van der Waals surface area contributed by atoms with Crippen molar-refractivity contribution in [1.82, 2.24) is 15.2 Å². The molecule has 5 rings (SSSR count). The lowest BCUT2D eigenvalue weighted by atomic mass is 9.90. The highest BCUT2D eigenvalue weighted by molar-refractivity contribution is 5.85. The zero-order valence-electron chi connectivity index (χ0n) is 13.7. The van der Waals surface area contributed by atoms with Gasteiger partial charge in [-0.05, 0) is 30.0 Å². The van der Waals surface area contributed by atoms with E-state index in [4.69, 9.17) is 4.98 Å². The number of aromatic nitrogens is 3.